The van der Waals surface area contributed by atoms with Gasteiger partial charge in [0, 0.05) is 18.8 Å². The topological polar surface area (TPSA) is 53.4 Å². The summed E-state index contributed by atoms with van der Waals surface area (Å²) in [6, 6.07) is 8.86. The largest absolute Gasteiger partial charge is 0.387 e. The van der Waals surface area contributed by atoms with Gasteiger partial charge in [0.25, 0.3) is 0 Å². The number of aliphatic hydroxyl groups excluding tert-OH is 1. The van der Waals surface area contributed by atoms with E-state index in [2.05, 4.69) is 4.98 Å². The van der Waals surface area contributed by atoms with Crippen LogP contribution in [0, 0.1) is 12.7 Å². The van der Waals surface area contributed by atoms with Gasteiger partial charge in [0.05, 0.1) is 18.8 Å². The minimum atomic E-state index is -0.751. The molecule has 0 radical (unpaired) electrons. The van der Waals surface area contributed by atoms with E-state index in [1.807, 2.05) is 38.1 Å². The fourth-order valence-electron chi connectivity index (χ4n) is 2.27. The minimum absolute atomic E-state index is 0.199. The van der Waals surface area contributed by atoms with E-state index in [9.17, 15) is 14.3 Å². The molecular formula is C19H21FN2O2. The molecule has 0 bridgehead atoms. The molecule has 0 saturated heterocycles. The van der Waals surface area contributed by atoms with Crippen LogP contribution in [-0.2, 0) is 4.79 Å². The van der Waals surface area contributed by atoms with E-state index >= 15 is 0 Å². The molecule has 1 unspecified atom stereocenters. The predicted molar refractivity (Wildman–Crippen MR) is 91.6 cm³/mol. The molecule has 1 N–H and O–H groups in total. The lowest BCUT2D eigenvalue weighted by atomic mass is 10.1. The number of amides is 1. The highest BCUT2D eigenvalue weighted by molar-refractivity contribution is 5.91. The average Bonchev–Trinajstić information content (AvgIpc) is 2.58. The van der Waals surface area contributed by atoms with Gasteiger partial charge in [-0.25, -0.2) is 4.39 Å². The van der Waals surface area contributed by atoms with E-state index in [1.165, 1.54) is 29.3 Å². The molecular weight excluding hydrogens is 307 g/mol. The number of nitrogens with zero attached hydrogens (tertiary/aromatic N) is 2. The zero-order valence-corrected chi connectivity index (χ0v) is 13.8. The minimum Gasteiger partial charge on any atom is -0.387 e. The van der Waals surface area contributed by atoms with Crippen molar-refractivity contribution in [2.75, 3.05) is 13.1 Å². The van der Waals surface area contributed by atoms with Crippen molar-refractivity contribution in [2.45, 2.75) is 20.0 Å². The number of aryl methyl sites for hydroxylation is 1. The number of benzene rings is 1. The van der Waals surface area contributed by atoms with Gasteiger partial charge < -0.3 is 10.0 Å². The van der Waals surface area contributed by atoms with Gasteiger partial charge in [-0.05, 0) is 37.1 Å². The van der Waals surface area contributed by atoms with Crippen LogP contribution < -0.4 is 0 Å². The highest BCUT2D eigenvalue weighted by Gasteiger charge is 2.15. The van der Waals surface area contributed by atoms with Gasteiger partial charge in [0.1, 0.15) is 5.82 Å². The van der Waals surface area contributed by atoms with Gasteiger partial charge in [-0.2, -0.15) is 0 Å². The summed E-state index contributed by atoms with van der Waals surface area (Å²) >= 11 is 0. The number of aliphatic hydroxyl groups is 1. The number of carbonyl (C=O) groups is 1. The molecule has 2 aromatic rings. The van der Waals surface area contributed by atoms with E-state index in [4.69, 9.17) is 0 Å². The zero-order chi connectivity index (χ0) is 17.5. The summed E-state index contributed by atoms with van der Waals surface area (Å²) in [5.41, 5.74) is 2.39. The number of pyridine rings is 1. The molecule has 5 heteroatoms. The Bertz CT molecular complexity index is 714. The van der Waals surface area contributed by atoms with Crippen molar-refractivity contribution in [3.8, 4) is 0 Å². The summed E-state index contributed by atoms with van der Waals surface area (Å²) < 4.78 is 13.1. The van der Waals surface area contributed by atoms with Crippen LogP contribution in [0.5, 0.6) is 0 Å². The second-order valence-electron chi connectivity index (χ2n) is 5.57. The Morgan fingerprint density at radius 3 is 2.67 bits per heavy atom. The zero-order valence-electron chi connectivity index (χ0n) is 13.8. The van der Waals surface area contributed by atoms with Crippen LogP contribution in [0.15, 0.2) is 48.8 Å². The molecule has 1 aromatic carbocycles. The molecule has 24 heavy (non-hydrogen) atoms. The maximum absolute atomic E-state index is 13.1. The summed E-state index contributed by atoms with van der Waals surface area (Å²) in [4.78, 5) is 17.5. The van der Waals surface area contributed by atoms with Crippen molar-refractivity contribution < 1.29 is 14.3 Å². The summed E-state index contributed by atoms with van der Waals surface area (Å²) in [6.07, 6.45) is 4.71. The van der Waals surface area contributed by atoms with Gasteiger partial charge in [0.15, 0.2) is 0 Å². The molecule has 1 heterocycles. The molecule has 0 saturated carbocycles. The molecule has 1 aromatic heterocycles. The van der Waals surface area contributed by atoms with E-state index < -0.39 is 11.9 Å². The first-order chi connectivity index (χ1) is 11.5. The highest BCUT2D eigenvalue weighted by atomic mass is 19.1. The molecule has 0 spiro atoms. The van der Waals surface area contributed by atoms with Crippen LogP contribution in [0.25, 0.3) is 6.08 Å². The lowest BCUT2D eigenvalue weighted by Gasteiger charge is -2.23. The van der Waals surface area contributed by atoms with Gasteiger partial charge in [-0.3, -0.25) is 9.78 Å². The number of aromatic nitrogens is 1. The molecule has 2 rings (SSSR count). The Hall–Kier alpha value is -2.53. The summed E-state index contributed by atoms with van der Waals surface area (Å²) in [5.74, 6) is -0.695. The second kappa shape index (κ2) is 8.36. The van der Waals surface area contributed by atoms with Crippen molar-refractivity contribution in [2.24, 2.45) is 0 Å². The molecule has 1 atom stereocenters. The van der Waals surface area contributed by atoms with Crippen LogP contribution in [0.2, 0.25) is 0 Å². The van der Waals surface area contributed by atoms with E-state index in [-0.39, 0.29) is 12.5 Å². The Morgan fingerprint density at radius 1 is 1.33 bits per heavy atom. The molecule has 126 valence electrons. The maximum atomic E-state index is 13.1. The van der Waals surface area contributed by atoms with Gasteiger partial charge in [-0.1, -0.05) is 29.8 Å². The highest BCUT2D eigenvalue weighted by Crippen LogP contribution is 2.15. The summed E-state index contributed by atoms with van der Waals surface area (Å²) in [7, 11) is 0. The van der Waals surface area contributed by atoms with E-state index in [0.29, 0.717) is 12.1 Å². The fraction of sp³-hybridized carbons (Fsp3) is 0.263. The van der Waals surface area contributed by atoms with Crippen LogP contribution in [-0.4, -0.2) is 34.0 Å². The van der Waals surface area contributed by atoms with Crippen molar-refractivity contribution in [1.82, 2.24) is 9.88 Å². The quantitative estimate of drug-likeness (QED) is 0.829. The molecule has 0 aliphatic carbocycles. The predicted octanol–water partition coefficient (Wildman–Crippen LogP) is 3.12. The summed E-state index contributed by atoms with van der Waals surface area (Å²) in [5, 5.41) is 10.3. The SMILES string of the molecule is CCN(CC(O)c1ccc(C)cc1)C(=O)/C=C/c1cncc(F)c1. The number of carbonyl (C=O) groups excluding carboxylic acids is 1. The van der Waals surface area contributed by atoms with E-state index in [0.717, 1.165) is 17.3 Å². The first kappa shape index (κ1) is 17.8. The normalized spacial score (nSPS) is 12.3. The second-order valence-corrected chi connectivity index (χ2v) is 5.57. The Labute approximate surface area is 141 Å². The molecule has 0 fully saturated rings. The molecule has 4 nitrogen and oxygen atoms in total. The Balaban J connectivity index is 2.01. The van der Waals surface area contributed by atoms with Crippen LogP contribution in [0.1, 0.15) is 29.7 Å². The smallest absolute Gasteiger partial charge is 0.246 e. The first-order valence-corrected chi connectivity index (χ1v) is 7.81. The number of hydrogen-bond acceptors (Lipinski definition) is 3. The van der Waals surface area contributed by atoms with Gasteiger partial charge in [-0.15, -0.1) is 0 Å². The first-order valence-electron chi connectivity index (χ1n) is 7.81. The third-order valence-electron chi connectivity index (χ3n) is 3.69. The third-order valence-corrected chi connectivity index (χ3v) is 3.69. The molecule has 0 aliphatic heterocycles. The monoisotopic (exact) mass is 328 g/mol. The molecule has 1 amide bonds. The number of rotatable bonds is 6. The van der Waals surface area contributed by atoms with Crippen molar-refractivity contribution in [3.05, 3.63) is 71.3 Å². The standard InChI is InChI=1S/C19H21FN2O2/c1-3-22(13-18(23)16-7-4-14(2)5-8-16)19(24)9-6-15-10-17(20)12-21-11-15/h4-12,18,23H,3,13H2,1-2H3/b9-6+. The van der Waals surface area contributed by atoms with Gasteiger partial charge in [0.2, 0.25) is 5.91 Å². The average molecular weight is 328 g/mol. The lowest BCUT2D eigenvalue weighted by Crippen LogP contribution is -2.33. The number of halogens is 1. The Kier molecular flexibility index (Phi) is 6.21. The number of hydrogen-bond donors (Lipinski definition) is 1. The lowest BCUT2D eigenvalue weighted by molar-refractivity contribution is -0.127. The van der Waals surface area contributed by atoms with Crippen molar-refractivity contribution in [3.63, 3.8) is 0 Å². The Morgan fingerprint density at radius 2 is 2.04 bits per heavy atom. The van der Waals surface area contributed by atoms with Crippen LogP contribution >= 0.6 is 0 Å². The number of likely N-dealkylation sites (N-methyl/N-ethyl adjacent to an activating group) is 1. The third kappa shape index (κ3) is 4.99. The van der Waals surface area contributed by atoms with Crippen LogP contribution in [0.4, 0.5) is 4.39 Å². The molecule has 0 aliphatic rings. The fourth-order valence-corrected chi connectivity index (χ4v) is 2.27. The van der Waals surface area contributed by atoms with Crippen molar-refractivity contribution >= 4 is 12.0 Å². The maximum Gasteiger partial charge on any atom is 0.246 e. The van der Waals surface area contributed by atoms with Gasteiger partial charge >= 0.3 is 0 Å². The van der Waals surface area contributed by atoms with E-state index in [1.54, 1.807) is 0 Å². The van der Waals surface area contributed by atoms with Crippen molar-refractivity contribution in [1.29, 1.82) is 0 Å². The summed E-state index contributed by atoms with van der Waals surface area (Å²) in [6.45, 7) is 4.49. The van der Waals surface area contributed by atoms with Crippen LogP contribution in [0.3, 0.4) is 0 Å².